The van der Waals surface area contributed by atoms with Crippen molar-refractivity contribution >= 4 is 34.5 Å². The number of hydrogen-bond acceptors (Lipinski definition) is 8. The Labute approximate surface area is 177 Å². The van der Waals surface area contributed by atoms with E-state index in [1.165, 1.54) is 18.3 Å². The van der Waals surface area contributed by atoms with Gasteiger partial charge in [-0.25, -0.2) is 4.98 Å². The molecule has 0 aliphatic carbocycles. The summed E-state index contributed by atoms with van der Waals surface area (Å²) >= 11 is 7.60. The van der Waals surface area contributed by atoms with E-state index in [1.807, 2.05) is 12.1 Å². The molecule has 2 N–H and O–H groups in total. The number of rotatable bonds is 8. The molecule has 10 heteroatoms. The maximum Gasteiger partial charge on any atom is 0.279 e. The summed E-state index contributed by atoms with van der Waals surface area (Å²) in [6, 6.07) is 5.16. The minimum atomic E-state index is -0.376. The normalized spacial score (nSPS) is 12.1. The van der Waals surface area contributed by atoms with Crippen molar-refractivity contribution in [1.82, 2.24) is 20.4 Å². The van der Waals surface area contributed by atoms with Crippen molar-refractivity contribution in [3.63, 3.8) is 0 Å². The van der Waals surface area contributed by atoms with Crippen LogP contribution in [0.2, 0.25) is 5.02 Å². The minimum absolute atomic E-state index is 0.173. The van der Waals surface area contributed by atoms with Crippen LogP contribution in [0.3, 0.4) is 0 Å². The van der Waals surface area contributed by atoms with Crippen LogP contribution in [0, 0.1) is 5.92 Å². The predicted molar refractivity (Wildman–Crippen MR) is 112 cm³/mol. The van der Waals surface area contributed by atoms with Gasteiger partial charge in [-0.05, 0) is 31.0 Å². The molecular weight excluding hydrogens is 414 g/mol. The minimum Gasteiger partial charge on any atom is -0.429 e. The summed E-state index contributed by atoms with van der Waals surface area (Å²) in [4.78, 5) is 20.4. The fourth-order valence-electron chi connectivity index (χ4n) is 2.40. The highest BCUT2D eigenvalue weighted by Crippen LogP contribution is 2.36. The molecule has 0 aliphatic heterocycles. The maximum absolute atomic E-state index is 11.2. The number of hydrogen-bond donors (Lipinski definition) is 2. The van der Waals surface area contributed by atoms with Gasteiger partial charge in [0.15, 0.2) is 0 Å². The maximum atomic E-state index is 11.2. The lowest BCUT2D eigenvalue weighted by atomic mass is 10.2. The second kappa shape index (κ2) is 9.23. The molecule has 0 spiro atoms. The number of thiazole rings is 1. The molecule has 2 heterocycles. The van der Waals surface area contributed by atoms with Crippen LogP contribution in [0.15, 0.2) is 28.9 Å². The molecule has 3 rings (SSSR count). The Balaban J connectivity index is 1.68. The number of nitrogens with zero attached hydrogens (tertiary/aromatic N) is 3. The molecule has 0 radical (unpaired) electrons. The molecule has 1 unspecified atom stereocenters. The molecule has 1 aromatic carbocycles. The summed E-state index contributed by atoms with van der Waals surface area (Å²) in [6.07, 6.45) is 1.60. The number of carbonyl (C=O) groups excluding carboxylic acids is 1. The number of halogens is 1. The number of benzene rings is 1. The summed E-state index contributed by atoms with van der Waals surface area (Å²) in [5.74, 6) is 1.57. The van der Waals surface area contributed by atoms with Gasteiger partial charge in [-0.1, -0.05) is 41.9 Å². The van der Waals surface area contributed by atoms with Crippen LogP contribution in [0.25, 0.3) is 10.7 Å². The summed E-state index contributed by atoms with van der Waals surface area (Å²) in [6.45, 7) is 8.33. The summed E-state index contributed by atoms with van der Waals surface area (Å²) in [5, 5.41) is 10.9. The SMILES string of the molecule is CC(=O)NC(C)c1nc(-c2cnc(Oc3ccc(NCC(C)C)cc3Cl)s2)no1. The Bertz CT molecular complexity index is 988. The van der Waals surface area contributed by atoms with Gasteiger partial charge in [-0.15, -0.1) is 0 Å². The van der Waals surface area contributed by atoms with Crippen LogP contribution in [0.5, 0.6) is 10.9 Å². The second-order valence-corrected chi connectivity index (χ2v) is 8.29. The number of nitrogens with one attached hydrogen (secondary N) is 2. The summed E-state index contributed by atoms with van der Waals surface area (Å²) < 4.78 is 11.0. The van der Waals surface area contributed by atoms with E-state index >= 15 is 0 Å². The Morgan fingerprint density at radius 2 is 2.14 bits per heavy atom. The number of carbonyl (C=O) groups is 1. The number of amides is 1. The van der Waals surface area contributed by atoms with Crippen molar-refractivity contribution in [2.45, 2.75) is 33.7 Å². The first kappa shape index (κ1) is 21.1. The van der Waals surface area contributed by atoms with Gasteiger partial charge in [0.2, 0.25) is 17.6 Å². The Morgan fingerprint density at radius 3 is 2.83 bits per heavy atom. The highest BCUT2D eigenvalue weighted by molar-refractivity contribution is 7.16. The Hall–Kier alpha value is -2.65. The van der Waals surface area contributed by atoms with E-state index in [0.29, 0.717) is 38.5 Å². The summed E-state index contributed by atoms with van der Waals surface area (Å²) in [5.41, 5.74) is 0.934. The number of ether oxygens (including phenoxy) is 1. The molecule has 0 saturated carbocycles. The molecule has 0 saturated heterocycles. The van der Waals surface area contributed by atoms with Crippen LogP contribution in [0.1, 0.15) is 39.6 Å². The first-order valence-electron chi connectivity index (χ1n) is 9.10. The van der Waals surface area contributed by atoms with Gasteiger partial charge in [0, 0.05) is 19.2 Å². The van der Waals surface area contributed by atoms with Gasteiger partial charge in [0.05, 0.1) is 16.1 Å². The highest BCUT2D eigenvalue weighted by atomic mass is 35.5. The molecule has 1 amide bonds. The Morgan fingerprint density at radius 1 is 1.34 bits per heavy atom. The standard InChI is InChI=1S/C19H22ClN5O3S/c1-10(2)8-21-13-5-6-15(14(20)7-13)27-19-22-9-16(29-19)17-24-18(28-25-17)11(3)23-12(4)26/h5-7,9-11,21H,8H2,1-4H3,(H,23,26). The lowest BCUT2D eigenvalue weighted by Crippen LogP contribution is -2.23. The quantitative estimate of drug-likeness (QED) is 0.518. The largest absolute Gasteiger partial charge is 0.429 e. The first-order chi connectivity index (χ1) is 13.8. The van der Waals surface area contributed by atoms with Gasteiger partial charge < -0.3 is 19.9 Å². The number of anilines is 1. The molecule has 0 fully saturated rings. The molecule has 29 heavy (non-hydrogen) atoms. The zero-order valence-corrected chi connectivity index (χ0v) is 18.1. The molecule has 154 valence electrons. The van der Waals surface area contributed by atoms with E-state index in [2.05, 4.69) is 39.6 Å². The molecule has 0 aliphatic rings. The van der Waals surface area contributed by atoms with Crippen molar-refractivity contribution < 1.29 is 14.1 Å². The number of aromatic nitrogens is 3. The molecule has 0 bridgehead atoms. The van der Waals surface area contributed by atoms with Crippen molar-refractivity contribution in [2.24, 2.45) is 5.92 Å². The van der Waals surface area contributed by atoms with Crippen molar-refractivity contribution in [3.8, 4) is 21.6 Å². The van der Waals surface area contributed by atoms with E-state index in [1.54, 1.807) is 19.2 Å². The first-order valence-corrected chi connectivity index (χ1v) is 10.3. The van der Waals surface area contributed by atoms with Crippen molar-refractivity contribution in [1.29, 1.82) is 0 Å². The van der Waals surface area contributed by atoms with E-state index in [-0.39, 0.29) is 11.9 Å². The third-order valence-electron chi connectivity index (χ3n) is 3.78. The monoisotopic (exact) mass is 435 g/mol. The Kier molecular flexibility index (Phi) is 6.71. The summed E-state index contributed by atoms with van der Waals surface area (Å²) in [7, 11) is 0. The van der Waals surface area contributed by atoms with Gasteiger partial charge in [-0.3, -0.25) is 4.79 Å². The molecule has 2 aromatic heterocycles. The smallest absolute Gasteiger partial charge is 0.279 e. The third kappa shape index (κ3) is 5.68. The van der Waals surface area contributed by atoms with E-state index < -0.39 is 0 Å². The molecular formula is C19H22ClN5O3S. The topological polar surface area (TPSA) is 102 Å². The second-order valence-electron chi connectivity index (χ2n) is 6.89. The van der Waals surface area contributed by atoms with Crippen LogP contribution in [-0.2, 0) is 4.79 Å². The van der Waals surface area contributed by atoms with Crippen LogP contribution in [0.4, 0.5) is 5.69 Å². The van der Waals surface area contributed by atoms with Crippen LogP contribution in [-0.4, -0.2) is 27.6 Å². The highest BCUT2D eigenvalue weighted by Gasteiger charge is 2.18. The van der Waals surface area contributed by atoms with Crippen LogP contribution < -0.4 is 15.4 Å². The third-order valence-corrected chi connectivity index (χ3v) is 4.95. The molecule has 1 atom stereocenters. The zero-order valence-electron chi connectivity index (χ0n) is 16.5. The van der Waals surface area contributed by atoms with E-state index in [4.69, 9.17) is 20.9 Å². The van der Waals surface area contributed by atoms with E-state index in [0.717, 1.165) is 12.2 Å². The fraction of sp³-hybridized carbons (Fsp3) is 0.368. The lowest BCUT2D eigenvalue weighted by Gasteiger charge is -2.11. The van der Waals surface area contributed by atoms with Gasteiger partial charge in [0.25, 0.3) is 5.19 Å². The van der Waals surface area contributed by atoms with Gasteiger partial charge in [-0.2, -0.15) is 4.98 Å². The van der Waals surface area contributed by atoms with Gasteiger partial charge in [0.1, 0.15) is 11.8 Å². The van der Waals surface area contributed by atoms with E-state index in [9.17, 15) is 4.79 Å². The zero-order chi connectivity index (χ0) is 21.0. The fourth-order valence-corrected chi connectivity index (χ4v) is 3.32. The molecule has 3 aromatic rings. The average Bonchev–Trinajstić information content (AvgIpc) is 3.30. The predicted octanol–water partition coefficient (Wildman–Crippen LogP) is 4.90. The lowest BCUT2D eigenvalue weighted by molar-refractivity contribution is -0.119. The molecule has 8 nitrogen and oxygen atoms in total. The average molecular weight is 436 g/mol. The van der Waals surface area contributed by atoms with Crippen molar-refractivity contribution in [3.05, 3.63) is 35.3 Å². The van der Waals surface area contributed by atoms with Crippen LogP contribution >= 0.6 is 22.9 Å². The van der Waals surface area contributed by atoms with Crippen molar-refractivity contribution in [2.75, 3.05) is 11.9 Å². The van der Waals surface area contributed by atoms with Gasteiger partial charge >= 0.3 is 0 Å².